The molecule has 0 spiro atoms. The summed E-state index contributed by atoms with van der Waals surface area (Å²) in [4.78, 5) is 17.6. The lowest BCUT2D eigenvalue weighted by Gasteiger charge is -2.19. The Hall–Kier alpha value is -2.70. The molecule has 2 heterocycles. The predicted molar refractivity (Wildman–Crippen MR) is 76.9 cm³/mol. The van der Waals surface area contributed by atoms with Crippen LogP contribution in [0.1, 0.15) is 24.7 Å². The van der Waals surface area contributed by atoms with Gasteiger partial charge in [0.2, 0.25) is 5.60 Å². The van der Waals surface area contributed by atoms with Gasteiger partial charge in [-0.05, 0) is 19.9 Å². The van der Waals surface area contributed by atoms with Gasteiger partial charge in [-0.15, -0.1) is 0 Å². The fourth-order valence-electron chi connectivity index (χ4n) is 2.18. The summed E-state index contributed by atoms with van der Waals surface area (Å²) in [5, 5.41) is 10.1. The Kier molecular flexibility index (Phi) is 3.40. The molecule has 7 heteroatoms. The van der Waals surface area contributed by atoms with E-state index >= 15 is 0 Å². The van der Waals surface area contributed by atoms with Gasteiger partial charge in [-0.25, -0.2) is 4.39 Å². The third-order valence-electron chi connectivity index (χ3n) is 3.40. The van der Waals surface area contributed by atoms with E-state index in [4.69, 9.17) is 9.36 Å². The number of benzene rings is 1. The molecule has 22 heavy (non-hydrogen) atoms. The average Bonchev–Trinajstić information content (AvgIpc) is 3.07. The molecular formula is C15H14FN3O3. The number of nitrogens with one attached hydrogen (secondary N) is 1. The Bertz CT molecular complexity index is 756. The first kappa shape index (κ1) is 14.2. The molecule has 3 rings (SSSR count). The minimum atomic E-state index is -1.22. The fourth-order valence-corrected chi connectivity index (χ4v) is 2.18. The van der Waals surface area contributed by atoms with E-state index in [0.717, 1.165) is 0 Å². The van der Waals surface area contributed by atoms with Gasteiger partial charge in [0.1, 0.15) is 11.6 Å². The molecule has 1 aliphatic rings. The molecule has 0 fully saturated rings. The first-order chi connectivity index (χ1) is 10.5. The van der Waals surface area contributed by atoms with Crippen LogP contribution in [-0.2, 0) is 9.63 Å². The van der Waals surface area contributed by atoms with Crippen LogP contribution in [0.3, 0.4) is 0 Å². The number of hydrogen-bond acceptors (Lipinski definition) is 5. The van der Waals surface area contributed by atoms with E-state index in [2.05, 4.69) is 15.6 Å². The van der Waals surface area contributed by atoms with Crippen molar-refractivity contribution in [3.05, 3.63) is 47.5 Å². The molecular weight excluding hydrogens is 289 g/mol. The summed E-state index contributed by atoms with van der Waals surface area (Å²) >= 11 is 0. The van der Waals surface area contributed by atoms with Crippen molar-refractivity contribution < 1.29 is 18.5 Å². The lowest BCUT2D eigenvalue weighted by Crippen LogP contribution is -2.40. The van der Waals surface area contributed by atoms with E-state index in [1.807, 2.05) is 0 Å². The SMILES string of the molecule is Cc1cc(NC(=O)[C@@]2(C)CC(c3ccccc3F)=NO2)no1. The van der Waals surface area contributed by atoms with Crippen LogP contribution in [0.15, 0.2) is 40.0 Å². The smallest absolute Gasteiger partial charge is 0.272 e. The first-order valence-electron chi connectivity index (χ1n) is 6.73. The molecule has 0 saturated heterocycles. The average molecular weight is 303 g/mol. The van der Waals surface area contributed by atoms with Crippen LogP contribution in [-0.4, -0.2) is 22.4 Å². The van der Waals surface area contributed by atoms with Gasteiger partial charge in [-0.2, -0.15) is 0 Å². The third kappa shape index (κ3) is 2.57. The standard InChI is InChI=1S/C15H14FN3O3/c1-9-7-13(19-21-9)17-14(20)15(2)8-12(18-22-15)10-5-3-4-6-11(10)16/h3-7H,8H2,1-2H3,(H,17,19,20)/t15-/m1/s1. The molecule has 1 amide bonds. The zero-order chi connectivity index (χ0) is 15.7. The van der Waals surface area contributed by atoms with Crippen LogP contribution < -0.4 is 5.32 Å². The van der Waals surface area contributed by atoms with Crippen molar-refractivity contribution in [2.75, 3.05) is 5.32 Å². The number of rotatable bonds is 3. The monoisotopic (exact) mass is 303 g/mol. The number of nitrogens with zero attached hydrogens (tertiary/aromatic N) is 2. The zero-order valence-corrected chi connectivity index (χ0v) is 12.1. The number of carbonyl (C=O) groups is 1. The van der Waals surface area contributed by atoms with Gasteiger partial charge in [-0.1, -0.05) is 28.5 Å². The second kappa shape index (κ2) is 5.25. The molecule has 0 unspecified atom stereocenters. The Labute approximate surface area is 125 Å². The Morgan fingerprint density at radius 1 is 1.41 bits per heavy atom. The second-order valence-corrected chi connectivity index (χ2v) is 5.29. The predicted octanol–water partition coefficient (Wildman–Crippen LogP) is 2.64. The van der Waals surface area contributed by atoms with Crippen LogP contribution >= 0.6 is 0 Å². The van der Waals surface area contributed by atoms with Crippen molar-refractivity contribution >= 4 is 17.4 Å². The van der Waals surface area contributed by atoms with Crippen LogP contribution in [0.5, 0.6) is 0 Å². The quantitative estimate of drug-likeness (QED) is 0.945. The van der Waals surface area contributed by atoms with Gasteiger partial charge in [0.05, 0.1) is 5.71 Å². The van der Waals surface area contributed by atoms with E-state index in [1.54, 1.807) is 38.1 Å². The molecule has 6 nitrogen and oxygen atoms in total. The Morgan fingerprint density at radius 2 is 2.18 bits per heavy atom. The van der Waals surface area contributed by atoms with E-state index in [1.165, 1.54) is 6.07 Å². The molecule has 0 bridgehead atoms. The molecule has 0 saturated carbocycles. The van der Waals surface area contributed by atoms with Crippen molar-refractivity contribution in [3.8, 4) is 0 Å². The highest BCUT2D eigenvalue weighted by Crippen LogP contribution is 2.28. The number of hydrogen-bond donors (Lipinski definition) is 1. The van der Waals surface area contributed by atoms with Crippen LogP contribution in [0.25, 0.3) is 0 Å². The number of amides is 1. The summed E-state index contributed by atoms with van der Waals surface area (Å²) in [7, 11) is 0. The highest BCUT2D eigenvalue weighted by molar-refractivity contribution is 6.07. The number of aromatic nitrogens is 1. The maximum absolute atomic E-state index is 13.8. The molecule has 1 aromatic heterocycles. The number of aryl methyl sites for hydroxylation is 1. The largest absolute Gasteiger partial charge is 0.379 e. The van der Waals surface area contributed by atoms with Crippen molar-refractivity contribution in [1.82, 2.24) is 5.16 Å². The molecule has 0 aliphatic carbocycles. The molecule has 1 aromatic carbocycles. The summed E-state index contributed by atoms with van der Waals surface area (Å²) in [6.07, 6.45) is 0.163. The van der Waals surface area contributed by atoms with Crippen LogP contribution in [0.4, 0.5) is 10.2 Å². The summed E-state index contributed by atoms with van der Waals surface area (Å²) in [5.74, 6) is 0.0558. The summed E-state index contributed by atoms with van der Waals surface area (Å²) < 4.78 is 18.7. The summed E-state index contributed by atoms with van der Waals surface area (Å²) in [6.45, 7) is 3.31. The van der Waals surface area contributed by atoms with Crippen molar-refractivity contribution in [3.63, 3.8) is 0 Å². The summed E-state index contributed by atoms with van der Waals surface area (Å²) in [5.41, 5.74) is -0.492. The molecule has 114 valence electrons. The molecule has 1 aliphatic heterocycles. The molecule has 1 N–H and O–H groups in total. The third-order valence-corrected chi connectivity index (χ3v) is 3.40. The topological polar surface area (TPSA) is 76.7 Å². The lowest BCUT2D eigenvalue weighted by atomic mass is 9.95. The lowest BCUT2D eigenvalue weighted by molar-refractivity contribution is -0.136. The highest BCUT2D eigenvalue weighted by Gasteiger charge is 2.43. The first-order valence-corrected chi connectivity index (χ1v) is 6.73. The van der Waals surface area contributed by atoms with Gasteiger partial charge in [0.25, 0.3) is 5.91 Å². The van der Waals surface area contributed by atoms with Gasteiger partial charge in [0, 0.05) is 18.1 Å². The number of carbonyl (C=O) groups excluding carboxylic acids is 1. The van der Waals surface area contributed by atoms with E-state index in [0.29, 0.717) is 22.9 Å². The Morgan fingerprint density at radius 3 is 2.86 bits per heavy atom. The van der Waals surface area contributed by atoms with E-state index < -0.39 is 17.3 Å². The molecule has 1 atom stereocenters. The second-order valence-electron chi connectivity index (χ2n) is 5.29. The van der Waals surface area contributed by atoms with Crippen molar-refractivity contribution in [2.24, 2.45) is 5.16 Å². The van der Waals surface area contributed by atoms with Gasteiger partial charge >= 0.3 is 0 Å². The van der Waals surface area contributed by atoms with Crippen LogP contribution in [0.2, 0.25) is 0 Å². The number of halogens is 1. The van der Waals surface area contributed by atoms with Crippen LogP contribution in [0, 0.1) is 12.7 Å². The summed E-state index contributed by atoms with van der Waals surface area (Å²) in [6, 6.07) is 7.83. The minimum Gasteiger partial charge on any atom is -0.379 e. The Balaban J connectivity index is 1.74. The van der Waals surface area contributed by atoms with Crippen molar-refractivity contribution in [2.45, 2.75) is 25.9 Å². The zero-order valence-electron chi connectivity index (χ0n) is 12.1. The molecule has 0 radical (unpaired) electrons. The fraction of sp³-hybridized carbons (Fsp3) is 0.267. The maximum atomic E-state index is 13.8. The normalized spacial score (nSPS) is 20.4. The van der Waals surface area contributed by atoms with Gasteiger partial charge in [0.15, 0.2) is 5.82 Å². The van der Waals surface area contributed by atoms with E-state index in [9.17, 15) is 9.18 Å². The van der Waals surface area contributed by atoms with E-state index in [-0.39, 0.29) is 6.42 Å². The van der Waals surface area contributed by atoms with Gasteiger partial charge < -0.3 is 14.7 Å². The molecule has 2 aromatic rings. The minimum absolute atomic E-state index is 0.163. The highest BCUT2D eigenvalue weighted by atomic mass is 19.1. The number of anilines is 1. The van der Waals surface area contributed by atoms with Gasteiger partial charge in [-0.3, -0.25) is 4.79 Å². The number of oxime groups is 1. The van der Waals surface area contributed by atoms with Crippen molar-refractivity contribution in [1.29, 1.82) is 0 Å². The maximum Gasteiger partial charge on any atom is 0.272 e.